The monoisotopic (exact) mass is 198 g/mol. The van der Waals surface area contributed by atoms with E-state index in [0.717, 1.165) is 0 Å². The van der Waals surface area contributed by atoms with Crippen molar-refractivity contribution in [1.29, 1.82) is 0 Å². The Morgan fingerprint density at radius 2 is 0.625 bits per heavy atom. The van der Waals surface area contributed by atoms with E-state index in [2.05, 4.69) is 0 Å². The summed E-state index contributed by atoms with van der Waals surface area (Å²) in [7, 11) is -10.8. The second-order valence-electron chi connectivity index (χ2n) is 1.07. The molecule has 0 unspecified atom stereocenters. The van der Waals surface area contributed by atoms with Gasteiger partial charge in [0.25, 0.3) is 0 Å². The molecule has 53 valence electrons. The minimum absolute atomic E-state index is 0. The molecule has 0 aromatic rings. The van der Waals surface area contributed by atoms with Crippen LogP contribution in [-0.2, 0) is 17.1 Å². The minimum Gasteiger partial charge on any atom is 3.00 e. The van der Waals surface area contributed by atoms with Crippen LogP contribution in [0.1, 0.15) is 0 Å². The van der Waals surface area contributed by atoms with E-state index in [4.69, 9.17) is 0 Å². The van der Waals surface area contributed by atoms with Crippen LogP contribution in [0.2, 0.25) is 0 Å². The Labute approximate surface area is 51.2 Å². The molecule has 0 aromatic heterocycles. The molecule has 0 rings (SSSR count). The molecule has 0 aliphatic heterocycles. The summed E-state index contributed by atoms with van der Waals surface area (Å²) in [6.07, 6.45) is 0. The van der Waals surface area contributed by atoms with Gasteiger partial charge in [-0.15, -0.1) is 0 Å². The molecule has 0 atom stereocenters. The van der Waals surface area contributed by atoms with Crippen molar-refractivity contribution >= 4 is 8.63 Å². The van der Waals surface area contributed by atoms with Gasteiger partial charge in [-0.3, -0.25) is 0 Å². The van der Waals surface area contributed by atoms with Gasteiger partial charge >= 0.3 is 50.3 Å². The first-order valence-electron chi connectivity index (χ1n) is 1.13. The molecule has 0 aromatic carbocycles. The molecule has 0 amide bonds. The van der Waals surface area contributed by atoms with Crippen molar-refractivity contribution in [1.82, 2.24) is 0 Å². The van der Waals surface area contributed by atoms with E-state index in [0.29, 0.717) is 0 Å². The maximum absolute atomic E-state index is 10.8. The van der Waals surface area contributed by atoms with Gasteiger partial charge in [0.2, 0.25) is 0 Å². The van der Waals surface area contributed by atoms with Crippen LogP contribution in [-0.4, -0.2) is 8.63 Å². The minimum atomic E-state index is -10.8. The number of rotatable bonds is 0. The van der Waals surface area contributed by atoms with Crippen LogP contribution in [0.15, 0.2) is 0 Å². The van der Waals surface area contributed by atoms with Gasteiger partial charge in [-0.05, 0) is 0 Å². The molecule has 0 heterocycles. The summed E-state index contributed by atoms with van der Waals surface area (Å²) in [5, 5.41) is 0. The van der Waals surface area contributed by atoms with Gasteiger partial charge in [0.15, 0.2) is 0 Å². The largest absolute Gasteiger partial charge is 3.00 e. The Morgan fingerprint density at radius 1 is 0.625 bits per heavy atom. The van der Waals surface area contributed by atoms with E-state index in [1.54, 1.807) is 0 Å². The van der Waals surface area contributed by atoms with Gasteiger partial charge in [0, 0.05) is 0 Å². The quantitative estimate of drug-likeness (QED) is 0.317. The standard InChI is InChI=1S/F6Si.Fe/c1-7(2,3,4,5)6;/q-2;+3. The van der Waals surface area contributed by atoms with Crippen molar-refractivity contribution in [2.45, 2.75) is 0 Å². The van der Waals surface area contributed by atoms with Crippen molar-refractivity contribution < 1.29 is 41.7 Å². The zero-order valence-electron chi connectivity index (χ0n) is 3.12. The smallest absolute Gasteiger partial charge is 3.00 e. The van der Waals surface area contributed by atoms with Crippen LogP contribution in [0.3, 0.4) is 0 Å². The van der Waals surface area contributed by atoms with Crippen molar-refractivity contribution in [3.63, 3.8) is 0 Å². The molecule has 0 nitrogen and oxygen atoms in total. The summed E-state index contributed by atoms with van der Waals surface area (Å²) in [6.45, 7) is 0. The normalized spacial score (nSPS) is 20.2. The molecular weight excluding hydrogens is 198 g/mol. The summed E-state index contributed by atoms with van der Waals surface area (Å²) in [4.78, 5) is 0. The topological polar surface area (TPSA) is 0 Å². The molecule has 0 bridgehead atoms. The second kappa shape index (κ2) is 1.24. The van der Waals surface area contributed by atoms with Gasteiger partial charge in [-0.1, -0.05) is 0 Å². The summed E-state index contributed by atoms with van der Waals surface area (Å²) in [5.74, 6) is 0. The van der Waals surface area contributed by atoms with Crippen LogP contribution in [0, 0.1) is 0 Å². The van der Waals surface area contributed by atoms with Crippen molar-refractivity contribution in [2.24, 2.45) is 0 Å². The van der Waals surface area contributed by atoms with E-state index < -0.39 is 8.63 Å². The molecule has 8 heteroatoms. The van der Waals surface area contributed by atoms with Crippen LogP contribution < -0.4 is 0 Å². The number of halogens is 6. The average molecular weight is 198 g/mol. The summed E-state index contributed by atoms with van der Waals surface area (Å²) in [5.41, 5.74) is 0. The molecular formula is F6FeSi+. The van der Waals surface area contributed by atoms with E-state index in [1.165, 1.54) is 0 Å². The first kappa shape index (κ1) is 11.2. The van der Waals surface area contributed by atoms with Crippen molar-refractivity contribution in [3.05, 3.63) is 0 Å². The Morgan fingerprint density at radius 3 is 0.625 bits per heavy atom. The predicted octanol–water partition coefficient (Wildman–Crippen LogP) is 2.14. The first-order valence-corrected chi connectivity index (χ1v) is 3.40. The average Bonchev–Trinajstić information content (AvgIpc) is 0.592. The SMILES string of the molecule is F[Si-2](F)(F)(F)(F)F.[Fe+3]. The van der Waals surface area contributed by atoms with E-state index >= 15 is 0 Å². The first-order chi connectivity index (χ1) is 2.45. The molecule has 8 heavy (non-hydrogen) atoms. The van der Waals surface area contributed by atoms with Gasteiger partial charge < -0.3 is 0 Å². The predicted molar refractivity (Wildman–Crippen MR) is 12.4 cm³/mol. The molecule has 0 saturated heterocycles. The van der Waals surface area contributed by atoms with Crippen LogP contribution >= 0.6 is 0 Å². The van der Waals surface area contributed by atoms with Gasteiger partial charge in [0.05, 0.1) is 0 Å². The summed E-state index contributed by atoms with van der Waals surface area (Å²) >= 11 is 0. The third-order valence-electron chi connectivity index (χ3n) is 0. The Bertz CT molecular complexity index is 67.1. The molecule has 0 aliphatic rings. The van der Waals surface area contributed by atoms with E-state index in [-0.39, 0.29) is 17.1 Å². The molecule has 1 radical (unpaired) electrons. The number of hydrogen-bond donors (Lipinski definition) is 0. The Kier molecular flexibility index (Phi) is 1.74. The second-order valence-corrected chi connectivity index (χ2v) is 3.21. The third kappa shape index (κ3) is 1780. The Balaban J connectivity index is 0. The molecule has 0 saturated carbocycles. The fraction of sp³-hybridized carbons (Fsp3) is 0. The van der Waals surface area contributed by atoms with Crippen LogP contribution in [0.5, 0.6) is 0 Å². The zero-order valence-corrected chi connectivity index (χ0v) is 5.23. The van der Waals surface area contributed by atoms with Gasteiger partial charge in [0.1, 0.15) is 0 Å². The molecule has 0 aliphatic carbocycles. The Hall–Kier alpha value is 0.316. The van der Waals surface area contributed by atoms with Crippen LogP contribution in [0.4, 0.5) is 24.6 Å². The third-order valence-corrected chi connectivity index (χ3v) is 0. The molecule has 0 fully saturated rings. The summed E-state index contributed by atoms with van der Waals surface area (Å²) in [6, 6.07) is 0. The zero-order chi connectivity index (χ0) is 6.41. The molecule has 0 N–H and O–H groups in total. The van der Waals surface area contributed by atoms with Gasteiger partial charge in [-0.25, -0.2) is 0 Å². The number of hydrogen-bond acceptors (Lipinski definition) is 0. The molecule has 0 spiro atoms. The van der Waals surface area contributed by atoms with E-state index in [1.807, 2.05) is 0 Å². The maximum atomic E-state index is 9.88. The van der Waals surface area contributed by atoms with Gasteiger partial charge in [-0.2, -0.15) is 0 Å². The van der Waals surface area contributed by atoms with Crippen molar-refractivity contribution in [2.75, 3.05) is 0 Å². The van der Waals surface area contributed by atoms with Crippen molar-refractivity contribution in [3.8, 4) is 0 Å². The summed E-state index contributed by atoms with van der Waals surface area (Å²) < 4.78 is 59.3. The fourth-order valence-corrected chi connectivity index (χ4v) is 0. The fourth-order valence-electron chi connectivity index (χ4n) is 0. The van der Waals surface area contributed by atoms with E-state index in [9.17, 15) is 24.6 Å². The van der Waals surface area contributed by atoms with Crippen LogP contribution in [0.25, 0.3) is 0 Å². The maximum Gasteiger partial charge on any atom is 3.00 e.